The van der Waals surface area contributed by atoms with E-state index in [4.69, 9.17) is 0 Å². The molecule has 0 spiro atoms. The molecule has 0 unspecified atom stereocenters. The Hall–Kier alpha value is -2.06. The van der Waals surface area contributed by atoms with Crippen molar-refractivity contribution in [1.29, 1.82) is 0 Å². The Morgan fingerprint density at radius 3 is 2.71 bits per heavy atom. The number of nitrogens with one attached hydrogen (secondary N) is 1. The number of rotatable bonds is 4. The summed E-state index contributed by atoms with van der Waals surface area (Å²) in [5.74, 6) is 0.323. The maximum absolute atomic E-state index is 12.3. The van der Waals surface area contributed by atoms with Crippen molar-refractivity contribution in [2.24, 2.45) is 0 Å². The van der Waals surface area contributed by atoms with Gasteiger partial charge in [0.25, 0.3) is 0 Å². The minimum Gasteiger partial charge on any atom is -0.322 e. The predicted molar refractivity (Wildman–Crippen MR) is 94.1 cm³/mol. The Morgan fingerprint density at radius 1 is 1.29 bits per heavy atom. The molecule has 1 aliphatic rings. The van der Waals surface area contributed by atoms with Gasteiger partial charge in [0.15, 0.2) is 0 Å². The first-order valence-corrected chi connectivity index (χ1v) is 8.94. The van der Waals surface area contributed by atoms with E-state index in [2.05, 4.69) is 45.3 Å². The monoisotopic (exact) mass is 346 g/mol. The minimum atomic E-state index is -0.0949. The number of pyridine rings is 1. The molecule has 2 aromatic heterocycles. The molecule has 1 saturated heterocycles. The molecule has 0 radical (unpaired) electrons. The third kappa shape index (κ3) is 4.27. The Morgan fingerprint density at radius 2 is 2.08 bits per heavy atom. The molecule has 1 aliphatic heterocycles. The highest BCUT2D eigenvalue weighted by atomic mass is 32.1. The molecule has 2 amide bonds. The predicted octanol–water partition coefficient (Wildman–Crippen LogP) is 2.41. The molecule has 24 heavy (non-hydrogen) atoms. The van der Waals surface area contributed by atoms with E-state index in [-0.39, 0.29) is 6.03 Å². The number of anilines is 1. The number of nitrogens with zero attached hydrogens (tertiary/aromatic N) is 5. The van der Waals surface area contributed by atoms with Crippen LogP contribution >= 0.6 is 11.3 Å². The van der Waals surface area contributed by atoms with Gasteiger partial charge in [0.05, 0.1) is 0 Å². The van der Waals surface area contributed by atoms with Crippen LogP contribution in [0.2, 0.25) is 0 Å². The number of hydrogen-bond donors (Lipinski definition) is 1. The fourth-order valence-corrected chi connectivity index (χ4v) is 3.28. The fourth-order valence-electron chi connectivity index (χ4n) is 2.55. The lowest BCUT2D eigenvalue weighted by Crippen LogP contribution is -2.49. The number of piperazine rings is 1. The molecule has 8 heteroatoms. The van der Waals surface area contributed by atoms with Crippen LogP contribution < -0.4 is 5.32 Å². The maximum atomic E-state index is 12.3. The zero-order valence-corrected chi connectivity index (χ0v) is 14.8. The molecular formula is C16H22N6OS. The first-order valence-electron chi connectivity index (χ1n) is 8.12. The Kier molecular flexibility index (Phi) is 5.37. The van der Waals surface area contributed by atoms with E-state index in [1.54, 1.807) is 6.20 Å². The zero-order chi connectivity index (χ0) is 16.9. The summed E-state index contributed by atoms with van der Waals surface area (Å²) in [4.78, 5) is 20.6. The normalized spacial score (nSPS) is 15.7. The Labute approximate surface area is 145 Å². The summed E-state index contributed by atoms with van der Waals surface area (Å²) < 4.78 is 0. The Bertz CT molecular complexity index is 666. The van der Waals surface area contributed by atoms with E-state index in [0.29, 0.717) is 24.1 Å². The van der Waals surface area contributed by atoms with Crippen molar-refractivity contribution < 1.29 is 4.79 Å². The van der Waals surface area contributed by atoms with Crippen molar-refractivity contribution in [1.82, 2.24) is 25.0 Å². The summed E-state index contributed by atoms with van der Waals surface area (Å²) in [6.45, 7) is 8.13. The second-order valence-corrected chi connectivity index (χ2v) is 7.16. The summed E-state index contributed by atoms with van der Waals surface area (Å²) in [5.41, 5.74) is 1.20. The number of urea groups is 1. The van der Waals surface area contributed by atoms with Crippen molar-refractivity contribution in [3.8, 4) is 0 Å². The molecule has 0 aliphatic carbocycles. The molecule has 3 rings (SSSR count). The van der Waals surface area contributed by atoms with Gasteiger partial charge in [0, 0.05) is 51.0 Å². The number of carbonyl (C=O) groups is 1. The van der Waals surface area contributed by atoms with Crippen LogP contribution in [0.15, 0.2) is 24.5 Å². The SMILES string of the molecule is CC(C)c1nnc(NC(=O)N2CCN(Cc3cccnc3)CC2)s1. The van der Waals surface area contributed by atoms with Gasteiger partial charge in [-0.3, -0.25) is 15.2 Å². The molecule has 128 valence electrons. The molecule has 2 aromatic rings. The van der Waals surface area contributed by atoms with Gasteiger partial charge in [-0.1, -0.05) is 31.3 Å². The van der Waals surface area contributed by atoms with Crippen molar-refractivity contribution >= 4 is 22.5 Å². The van der Waals surface area contributed by atoms with Gasteiger partial charge >= 0.3 is 6.03 Å². The maximum Gasteiger partial charge on any atom is 0.323 e. The van der Waals surface area contributed by atoms with Crippen LogP contribution in [0, 0.1) is 0 Å². The molecule has 1 N–H and O–H groups in total. The van der Waals surface area contributed by atoms with E-state index in [1.165, 1.54) is 16.9 Å². The lowest BCUT2D eigenvalue weighted by Gasteiger charge is -2.34. The molecular weight excluding hydrogens is 324 g/mol. The van der Waals surface area contributed by atoms with E-state index < -0.39 is 0 Å². The number of hydrogen-bond acceptors (Lipinski definition) is 6. The molecule has 0 aromatic carbocycles. The third-order valence-corrected chi connectivity index (χ3v) is 5.08. The standard InChI is InChI=1S/C16H22N6OS/c1-12(2)14-19-20-15(24-14)18-16(23)22-8-6-21(7-9-22)11-13-4-3-5-17-10-13/h3-5,10,12H,6-9,11H2,1-2H3,(H,18,20,23). The highest BCUT2D eigenvalue weighted by Crippen LogP contribution is 2.22. The van der Waals surface area contributed by atoms with Crippen LogP contribution in [-0.4, -0.2) is 57.2 Å². The van der Waals surface area contributed by atoms with Gasteiger partial charge < -0.3 is 4.90 Å². The topological polar surface area (TPSA) is 74.2 Å². The lowest BCUT2D eigenvalue weighted by atomic mass is 10.2. The van der Waals surface area contributed by atoms with Crippen LogP contribution in [-0.2, 0) is 6.54 Å². The fraction of sp³-hybridized carbons (Fsp3) is 0.500. The second-order valence-electron chi connectivity index (χ2n) is 6.15. The molecule has 0 saturated carbocycles. The van der Waals surface area contributed by atoms with Gasteiger partial charge in [-0.05, 0) is 11.6 Å². The first-order chi connectivity index (χ1) is 11.6. The number of amides is 2. The summed E-state index contributed by atoms with van der Waals surface area (Å²) in [6, 6.07) is 3.93. The smallest absolute Gasteiger partial charge is 0.322 e. The molecule has 0 atom stereocenters. The summed E-state index contributed by atoms with van der Waals surface area (Å²) >= 11 is 1.44. The molecule has 0 bridgehead atoms. The molecule has 3 heterocycles. The lowest BCUT2D eigenvalue weighted by molar-refractivity contribution is 0.143. The van der Waals surface area contributed by atoms with E-state index in [0.717, 1.165) is 24.6 Å². The summed E-state index contributed by atoms with van der Waals surface area (Å²) in [5, 5.41) is 12.5. The van der Waals surface area contributed by atoms with E-state index in [1.807, 2.05) is 17.2 Å². The zero-order valence-electron chi connectivity index (χ0n) is 14.0. The van der Waals surface area contributed by atoms with Gasteiger partial charge in [-0.2, -0.15) is 0 Å². The number of aromatic nitrogens is 3. The van der Waals surface area contributed by atoms with Crippen LogP contribution in [0.3, 0.4) is 0 Å². The molecule has 7 nitrogen and oxygen atoms in total. The quantitative estimate of drug-likeness (QED) is 0.920. The van der Waals surface area contributed by atoms with Crippen molar-refractivity contribution in [3.63, 3.8) is 0 Å². The van der Waals surface area contributed by atoms with E-state index in [9.17, 15) is 4.79 Å². The van der Waals surface area contributed by atoms with Crippen LogP contribution in [0.1, 0.15) is 30.3 Å². The average Bonchev–Trinajstić information content (AvgIpc) is 3.05. The summed E-state index contributed by atoms with van der Waals surface area (Å²) in [7, 11) is 0. The largest absolute Gasteiger partial charge is 0.323 e. The summed E-state index contributed by atoms with van der Waals surface area (Å²) in [6.07, 6.45) is 3.67. The van der Waals surface area contributed by atoms with E-state index >= 15 is 0 Å². The highest BCUT2D eigenvalue weighted by molar-refractivity contribution is 7.15. The molecule has 1 fully saturated rings. The minimum absolute atomic E-state index is 0.0949. The van der Waals surface area contributed by atoms with Crippen molar-refractivity contribution in [2.45, 2.75) is 26.3 Å². The third-order valence-electron chi connectivity index (χ3n) is 3.94. The van der Waals surface area contributed by atoms with Crippen molar-refractivity contribution in [3.05, 3.63) is 35.1 Å². The van der Waals surface area contributed by atoms with Gasteiger partial charge in [-0.15, -0.1) is 10.2 Å². The van der Waals surface area contributed by atoms with Gasteiger partial charge in [-0.25, -0.2) is 4.79 Å². The van der Waals surface area contributed by atoms with Crippen LogP contribution in [0.5, 0.6) is 0 Å². The number of carbonyl (C=O) groups excluding carboxylic acids is 1. The van der Waals surface area contributed by atoms with Crippen molar-refractivity contribution in [2.75, 3.05) is 31.5 Å². The average molecular weight is 346 g/mol. The van der Waals surface area contributed by atoms with Gasteiger partial charge in [0.2, 0.25) is 5.13 Å². The van der Waals surface area contributed by atoms with Gasteiger partial charge in [0.1, 0.15) is 5.01 Å². The highest BCUT2D eigenvalue weighted by Gasteiger charge is 2.22. The Balaban J connectivity index is 1.48. The van der Waals surface area contributed by atoms with Crippen LogP contribution in [0.4, 0.5) is 9.93 Å². The van der Waals surface area contributed by atoms with Crippen LogP contribution in [0.25, 0.3) is 0 Å². The second kappa shape index (κ2) is 7.67. The first kappa shape index (κ1) is 16.8.